The van der Waals surface area contributed by atoms with E-state index < -0.39 is 0 Å². The predicted molar refractivity (Wildman–Crippen MR) is 69.5 cm³/mol. The van der Waals surface area contributed by atoms with E-state index in [0.717, 1.165) is 24.0 Å². The van der Waals surface area contributed by atoms with Crippen LogP contribution in [0.2, 0.25) is 0 Å². The van der Waals surface area contributed by atoms with Crippen molar-refractivity contribution in [3.05, 3.63) is 46.8 Å². The van der Waals surface area contributed by atoms with Crippen LogP contribution in [0.15, 0.2) is 29.8 Å². The number of nitrogens with one attached hydrogen (secondary N) is 1. The molecule has 1 unspecified atom stereocenters. The summed E-state index contributed by atoms with van der Waals surface area (Å²) in [6.45, 7) is 2.04. The van der Waals surface area contributed by atoms with Gasteiger partial charge >= 0.3 is 0 Å². The van der Waals surface area contributed by atoms with Crippen LogP contribution in [0.4, 0.5) is 4.39 Å². The molecule has 1 nitrogen and oxygen atoms in total. The number of aryl methyl sites for hydroxylation is 1. The normalized spacial score (nSPS) is 17.7. The van der Waals surface area contributed by atoms with E-state index in [-0.39, 0.29) is 11.9 Å². The average molecular weight is 233 g/mol. The Morgan fingerprint density at radius 1 is 1.29 bits per heavy atom. The molecule has 0 saturated carbocycles. The van der Waals surface area contributed by atoms with Crippen molar-refractivity contribution in [2.24, 2.45) is 0 Å². The van der Waals surface area contributed by atoms with E-state index in [4.69, 9.17) is 0 Å². The molecule has 17 heavy (non-hydrogen) atoms. The second-order valence-electron chi connectivity index (χ2n) is 4.75. The second kappa shape index (κ2) is 5.46. The largest absolute Gasteiger partial charge is 0.310 e. The highest BCUT2D eigenvalue weighted by Crippen LogP contribution is 2.31. The number of rotatable bonds is 3. The van der Waals surface area contributed by atoms with Crippen molar-refractivity contribution >= 4 is 0 Å². The van der Waals surface area contributed by atoms with Crippen LogP contribution >= 0.6 is 0 Å². The van der Waals surface area contributed by atoms with Crippen LogP contribution in [0.5, 0.6) is 0 Å². The number of benzene rings is 1. The molecule has 0 aromatic heterocycles. The molecule has 0 spiro atoms. The second-order valence-corrected chi connectivity index (χ2v) is 4.75. The molecule has 92 valence electrons. The Labute approximate surface area is 103 Å². The molecule has 2 heteroatoms. The highest BCUT2D eigenvalue weighted by Gasteiger charge is 2.18. The molecule has 0 fully saturated rings. The first-order valence-electron chi connectivity index (χ1n) is 6.34. The van der Waals surface area contributed by atoms with Crippen LogP contribution < -0.4 is 5.32 Å². The third-order valence-corrected chi connectivity index (χ3v) is 3.54. The maximum atomic E-state index is 13.4. The minimum absolute atomic E-state index is 0.151. The topological polar surface area (TPSA) is 12.0 Å². The van der Waals surface area contributed by atoms with Gasteiger partial charge in [-0.3, -0.25) is 0 Å². The Morgan fingerprint density at radius 3 is 2.76 bits per heavy atom. The van der Waals surface area contributed by atoms with Crippen LogP contribution in [0.1, 0.15) is 42.9 Å². The fraction of sp³-hybridized carbons (Fsp3) is 0.467. The van der Waals surface area contributed by atoms with E-state index in [0.29, 0.717) is 0 Å². The van der Waals surface area contributed by atoms with Gasteiger partial charge in [0.05, 0.1) is 6.04 Å². The molecule has 1 aliphatic carbocycles. The Bertz CT molecular complexity index is 423. The van der Waals surface area contributed by atoms with Gasteiger partial charge in [0, 0.05) is 0 Å². The van der Waals surface area contributed by atoms with E-state index in [1.54, 1.807) is 6.07 Å². The molecule has 1 N–H and O–H groups in total. The van der Waals surface area contributed by atoms with Crippen LogP contribution in [-0.4, -0.2) is 7.05 Å². The average Bonchev–Trinajstić information content (AvgIpc) is 2.36. The van der Waals surface area contributed by atoms with Crippen LogP contribution in [0, 0.1) is 12.7 Å². The van der Waals surface area contributed by atoms with Gasteiger partial charge < -0.3 is 5.32 Å². The maximum absolute atomic E-state index is 13.4. The predicted octanol–water partition coefficient (Wildman–Crippen LogP) is 3.90. The summed E-state index contributed by atoms with van der Waals surface area (Å²) in [6.07, 6.45) is 7.12. The first-order valence-corrected chi connectivity index (χ1v) is 6.34. The zero-order chi connectivity index (χ0) is 12.3. The molecule has 0 amide bonds. The van der Waals surface area contributed by atoms with Crippen molar-refractivity contribution in [3.63, 3.8) is 0 Å². The standard InChI is InChI=1S/C15H20FN/c1-11-8-9-13(16)10-14(11)15(17-2)12-6-4-3-5-7-12/h6,8-10,15,17H,3-5,7H2,1-2H3. The summed E-state index contributed by atoms with van der Waals surface area (Å²) in [5, 5.41) is 3.32. The molecule has 0 heterocycles. The number of halogens is 1. The smallest absolute Gasteiger partial charge is 0.123 e. The van der Waals surface area contributed by atoms with Crippen LogP contribution in [-0.2, 0) is 0 Å². The molecule has 2 rings (SSSR count). The quantitative estimate of drug-likeness (QED) is 0.781. The number of hydrogen-bond donors (Lipinski definition) is 1. The van der Waals surface area contributed by atoms with Crippen molar-refractivity contribution in [2.45, 2.75) is 38.6 Å². The molecule has 1 aromatic carbocycles. The molecule has 1 aromatic rings. The third-order valence-electron chi connectivity index (χ3n) is 3.54. The van der Waals surface area contributed by atoms with Crippen molar-refractivity contribution in [3.8, 4) is 0 Å². The Kier molecular flexibility index (Phi) is 3.95. The fourth-order valence-electron chi connectivity index (χ4n) is 2.59. The Morgan fingerprint density at radius 2 is 2.12 bits per heavy atom. The van der Waals surface area contributed by atoms with Gasteiger partial charge in [0.1, 0.15) is 5.82 Å². The lowest BCUT2D eigenvalue weighted by Crippen LogP contribution is -2.21. The van der Waals surface area contributed by atoms with Gasteiger partial charge in [-0.1, -0.05) is 17.7 Å². The summed E-state index contributed by atoms with van der Waals surface area (Å²) in [5.74, 6) is -0.151. The lowest BCUT2D eigenvalue weighted by molar-refractivity contribution is 0.580. The molecule has 0 radical (unpaired) electrons. The lowest BCUT2D eigenvalue weighted by Gasteiger charge is -2.24. The Hall–Kier alpha value is -1.15. The summed E-state index contributed by atoms with van der Waals surface area (Å²) >= 11 is 0. The molecule has 0 bridgehead atoms. The minimum Gasteiger partial charge on any atom is -0.310 e. The number of allylic oxidation sites excluding steroid dienone is 1. The molecule has 1 atom stereocenters. The monoisotopic (exact) mass is 233 g/mol. The highest BCUT2D eigenvalue weighted by atomic mass is 19.1. The van der Waals surface area contributed by atoms with Gasteiger partial charge in [-0.2, -0.15) is 0 Å². The van der Waals surface area contributed by atoms with Gasteiger partial charge in [0.2, 0.25) is 0 Å². The van der Waals surface area contributed by atoms with Gasteiger partial charge in [0.25, 0.3) is 0 Å². The molecule has 0 saturated heterocycles. The van der Waals surface area contributed by atoms with Crippen LogP contribution in [0.25, 0.3) is 0 Å². The summed E-state index contributed by atoms with van der Waals surface area (Å²) in [5.41, 5.74) is 3.63. The fourth-order valence-corrected chi connectivity index (χ4v) is 2.59. The van der Waals surface area contributed by atoms with Crippen molar-refractivity contribution in [2.75, 3.05) is 7.05 Å². The van der Waals surface area contributed by atoms with Gasteiger partial charge in [-0.15, -0.1) is 0 Å². The Balaban J connectivity index is 2.34. The maximum Gasteiger partial charge on any atom is 0.123 e. The van der Waals surface area contributed by atoms with Crippen molar-refractivity contribution < 1.29 is 4.39 Å². The summed E-state index contributed by atoms with van der Waals surface area (Å²) in [4.78, 5) is 0. The van der Waals surface area contributed by atoms with Gasteiger partial charge in [-0.05, 0) is 62.9 Å². The third kappa shape index (κ3) is 2.75. The van der Waals surface area contributed by atoms with Crippen molar-refractivity contribution in [1.29, 1.82) is 0 Å². The van der Waals surface area contributed by atoms with Gasteiger partial charge in [-0.25, -0.2) is 4.39 Å². The number of hydrogen-bond acceptors (Lipinski definition) is 1. The van der Waals surface area contributed by atoms with Crippen LogP contribution in [0.3, 0.4) is 0 Å². The first-order chi connectivity index (χ1) is 8.22. The summed E-state index contributed by atoms with van der Waals surface area (Å²) in [7, 11) is 1.95. The molecular weight excluding hydrogens is 213 g/mol. The first kappa shape index (κ1) is 12.3. The number of likely N-dealkylation sites (N-methyl/N-ethyl adjacent to an activating group) is 1. The lowest BCUT2D eigenvalue weighted by atomic mass is 9.88. The van der Waals surface area contributed by atoms with Crippen molar-refractivity contribution in [1.82, 2.24) is 5.32 Å². The zero-order valence-electron chi connectivity index (χ0n) is 10.6. The molecular formula is C15H20FN. The summed E-state index contributed by atoms with van der Waals surface area (Å²) in [6, 6.07) is 5.22. The molecule has 0 aliphatic heterocycles. The van der Waals surface area contributed by atoms with Gasteiger partial charge in [0.15, 0.2) is 0 Å². The van der Waals surface area contributed by atoms with E-state index in [2.05, 4.69) is 11.4 Å². The van der Waals surface area contributed by atoms with E-state index >= 15 is 0 Å². The van der Waals surface area contributed by atoms with E-state index in [9.17, 15) is 4.39 Å². The van der Waals surface area contributed by atoms with E-state index in [1.165, 1.54) is 24.5 Å². The molecule has 1 aliphatic rings. The summed E-state index contributed by atoms with van der Waals surface area (Å²) < 4.78 is 13.4. The minimum atomic E-state index is -0.151. The highest BCUT2D eigenvalue weighted by molar-refractivity contribution is 5.35. The SMILES string of the molecule is CNC(C1=CCCCC1)c1cc(F)ccc1C. The van der Waals surface area contributed by atoms with E-state index in [1.807, 2.05) is 20.0 Å². The zero-order valence-corrected chi connectivity index (χ0v) is 10.6.